The van der Waals surface area contributed by atoms with Gasteiger partial charge in [-0.25, -0.2) is 4.79 Å². The molecule has 188 valence electrons. The highest BCUT2D eigenvalue weighted by Gasteiger charge is 2.24. The number of carboxylic acid groups (broad SMARTS) is 2. The Labute approximate surface area is 201 Å². The number of nitrogens with one attached hydrogen (secondary N) is 2. The maximum absolute atomic E-state index is 12.7. The molecular formula is C24H29N3O8. The molecule has 1 aromatic carbocycles. The number of hydrogen-bond donors (Lipinski definition) is 4. The molecule has 1 heterocycles. The molecule has 0 radical (unpaired) electrons. The van der Waals surface area contributed by atoms with Crippen molar-refractivity contribution in [1.29, 1.82) is 0 Å². The molecule has 11 heteroatoms. The fourth-order valence-electron chi connectivity index (χ4n) is 4.22. The predicted octanol–water partition coefficient (Wildman–Crippen LogP) is 1.73. The predicted molar refractivity (Wildman–Crippen MR) is 127 cm³/mol. The lowest BCUT2D eigenvalue weighted by Crippen LogP contribution is -2.44. The van der Waals surface area contributed by atoms with E-state index >= 15 is 0 Å². The normalized spacial score (nSPS) is 17.5. The number of hydrogen-bond acceptors (Lipinski definition) is 7. The second-order valence-corrected chi connectivity index (χ2v) is 8.67. The van der Waals surface area contributed by atoms with Gasteiger partial charge < -0.3 is 30.2 Å². The summed E-state index contributed by atoms with van der Waals surface area (Å²) in [6.45, 7) is 1.64. The van der Waals surface area contributed by atoms with E-state index in [0.717, 1.165) is 12.8 Å². The van der Waals surface area contributed by atoms with Crippen molar-refractivity contribution in [3.8, 4) is 0 Å². The van der Waals surface area contributed by atoms with Crippen LogP contribution in [-0.4, -0.2) is 59.1 Å². The van der Waals surface area contributed by atoms with Crippen LogP contribution in [-0.2, 0) is 14.4 Å². The molecule has 35 heavy (non-hydrogen) atoms. The third-order valence-electron chi connectivity index (χ3n) is 5.99. The van der Waals surface area contributed by atoms with Crippen molar-refractivity contribution in [2.75, 3.05) is 18.0 Å². The summed E-state index contributed by atoms with van der Waals surface area (Å²) >= 11 is 0. The first-order valence-corrected chi connectivity index (χ1v) is 11.5. The molecule has 11 nitrogen and oxygen atoms in total. The van der Waals surface area contributed by atoms with Gasteiger partial charge in [-0.1, -0.05) is 0 Å². The van der Waals surface area contributed by atoms with Gasteiger partial charge in [0.1, 0.15) is 11.1 Å². The Balaban J connectivity index is 1.73. The summed E-state index contributed by atoms with van der Waals surface area (Å²) in [5.74, 6) is -2.65. The minimum absolute atomic E-state index is 0.0821. The van der Waals surface area contributed by atoms with Crippen molar-refractivity contribution < 1.29 is 33.8 Å². The van der Waals surface area contributed by atoms with Crippen LogP contribution < -0.4 is 21.2 Å². The van der Waals surface area contributed by atoms with Crippen LogP contribution in [0.15, 0.2) is 33.5 Å². The van der Waals surface area contributed by atoms with Gasteiger partial charge in [0.25, 0.3) is 5.91 Å². The number of amides is 2. The highest BCUT2D eigenvalue weighted by molar-refractivity contribution is 5.97. The molecule has 1 fully saturated rings. The molecule has 0 atom stereocenters. The van der Waals surface area contributed by atoms with E-state index in [4.69, 9.17) is 14.6 Å². The van der Waals surface area contributed by atoms with E-state index < -0.39 is 23.5 Å². The lowest BCUT2D eigenvalue weighted by atomic mass is 9.91. The zero-order valence-electron chi connectivity index (χ0n) is 19.4. The first-order valence-electron chi connectivity index (χ1n) is 11.5. The smallest absolute Gasteiger partial charge is 0.349 e. The Morgan fingerprint density at radius 1 is 0.943 bits per heavy atom. The van der Waals surface area contributed by atoms with Gasteiger partial charge in [0.2, 0.25) is 5.91 Å². The standard InChI is InChI=1S/C24H29N3O8/c1-14(28)25-16-3-5-17(6-4-16)26-23(33)19-12-15-2-7-18(13-20(15)35-24(19)34)27(10-8-21(29)30)11-9-22(31)32/h2,7,12-13,16-17H,3-6,8-11H2,1H3,(H,25,28)(H,26,33)(H,29,30)(H,31,32). The second-order valence-electron chi connectivity index (χ2n) is 8.67. The van der Waals surface area contributed by atoms with E-state index in [1.807, 2.05) is 0 Å². The van der Waals surface area contributed by atoms with Gasteiger partial charge in [-0.15, -0.1) is 0 Å². The van der Waals surface area contributed by atoms with Crippen LogP contribution in [0.5, 0.6) is 0 Å². The van der Waals surface area contributed by atoms with Crippen LogP contribution in [0.1, 0.15) is 55.8 Å². The van der Waals surface area contributed by atoms with Crippen LogP contribution in [0.3, 0.4) is 0 Å². The molecule has 1 aliphatic carbocycles. The van der Waals surface area contributed by atoms with Gasteiger partial charge in [-0.2, -0.15) is 0 Å². The minimum Gasteiger partial charge on any atom is -0.481 e. The quantitative estimate of drug-likeness (QED) is 0.365. The third kappa shape index (κ3) is 7.29. The molecule has 4 N–H and O–H groups in total. The summed E-state index contributed by atoms with van der Waals surface area (Å²) < 4.78 is 5.38. The molecule has 0 spiro atoms. The average molecular weight is 488 g/mol. The summed E-state index contributed by atoms with van der Waals surface area (Å²) in [6.07, 6.45) is 2.46. The average Bonchev–Trinajstić information content (AvgIpc) is 2.79. The molecule has 1 aromatic heterocycles. The van der Waals surface area contributed by atoms with Crippen molar-refractivity contribution >= 4 is 40.4 Å². The van der Waals surface area contributed by atoms with Gasteiger partial charge in [0, 0.05) is 49.2 Å². The zero-order valence-corrected chi connectivity index (χ0v) is 19.4. The Morgan fingerprint density at radius 3 is 2.06 bits per heavy atom. The SMILES string of the molecule is CC(=O)NC1CCC(NC(=O)c2cc3ccc(N(CCC(=O)O)CCC(=O)O)cc3oc2=O)CC1. The number of carbonyl (C=O) groups excluding carboxylic acids is 2. The first kappa shape index (κ1) is 25.7. The minimum atomic E-state index is -1.02. The van der Waals surface area contributed by atoms with Gasteiger partial charge >= 0.3 is 17.6 Å². The largest absolute Gasteiger partial charge is 0.481 e. The van der Waals surface area contributed by atoms with E-state index in [9.17, 15) is 24.0 Å². The van der Waals surface area contributed by atoms with E-state index in [2.05, 4.69) is 10.6 Å². The summed E-state index contributed by atoms with van der Waals surface area (Å²) in [7, 11) is 0. The zero-order chi connectivity index (χ0) is 25.5. The van der Waals surface area contributed by atoms with Crippen molar-refractivity contribution in [1.82, 2.24) is 10.6 Å². The number of carbonyl (C=O) groups is 4. The fraction of sp³-hybridized carbons (Fsp3) is 0.458. The molecule has 2 amide bonds. The summed E-state index contributed by atoms with van der Waals surface area (Å²) in [5.41, 5.74) is -0.212. The Hall–Kier alpha value is -3.89. The van der Waals surface area contributed by atoms with E-state index in [1.54, 1.807) is 17.0 Å². The number of carboxylic acids is 2. The third-order valence-corrected chi connectivity index (χ3v) is 5.99. The van der Waals surface area contributed by atoms with Crippen molar-refractivity contribution in [3.05, 3.63) is 40.2 Å². The van der Waals surface area contributed by atoms with Crippen molar-refractivity contribution in [2.45, 2.75) is 57.5 Å². The number of benzene rings is 1. The number of rotatable bonds is 10. The first-order chi connectivity index (χ1) is 16.6. The molecule has 0 saturated heterocycles. The Kier molecular flexibility index (Phi) is 8.45. The molecule has 0 unspecified atom stereocenters. The topological polar surface area (TPSA) is 166 Å². The maximum atomic E-state index is 12.7. The molecule has 1 aliphatic rings. The molecule has 3 rings (SSSR count). The monoisotopic (exact) mass is 487 g/mol. The van der Waals surface area contributed by atoms with E-state index in [0.29, 0.717) is 23.9 Å². The van der Waals surface area contributed by atoms with Crippen molar-refractivity contribution in [2.24, 2.45) is 0 Å². The van der Waals surface area contributed by atoms with Gasteiger partial charge in [-0.05, 0) is 43.9 Å². The molecule has 0 bridgehead atoms. The molecular weight excluding hydrogens is 458 g/mol. The number of fused-ring (bicyclic) bond motifs is 1. The van der Waals surface area contributed by atoms with Gasteiger partial charge in [0.15, 0.2) is 0 Å². The van der Waals surface area contributed by atoms with E-state index in [-0.39, 0.29) is 55.1 Å². The maximum Gasteiger partial charge on any atom is 0.349 e. The van der Waals surface area contributed by atoms with Crippen molar-refractivity contribution in [3.63, 3.8) is 0 Å². The molecule has 1 saturated carbocycles. The van der Waals surface area contributed by atoms with E-state index in [1.165, 1.54) is 19.1 Å². The number of aliphatic carboxylic acids is 2. The highest BCUT2D eigenvalue weighted by Crippen LogP contribution is 2.23. The summed E-state index contributed by atoms with van der Waals surface area (Å²) in [6, 6.07) is 6.26. The van der Waals surface area contributed by atoms with Crippen LogP contribution in [0.4, 0.5) is 5.69 Å². The Morgan fingerprint density at radius 2 is 1.51 bits per heavy atom. The highest BCUT2D eigenvalue weighted by atomic mass is 16.4. The Bertz CT molecular complexity index is 1150. The van der Waals surface area contributed by atoms with Gasteiger partial charge in [0.05, 0.1) is 12.8 Å². The summed E-state index contributed by atoms with van der Waals surface area (Å²) in [4.78, 5) is 60.1. The van der Waals surface area contributed by atoms with Crippen LogP contribution in [0.25, 0.3) is 11.0 Å². The second kappa shape index (κ2) is 11.5. The number of anilines is 1. The number of nitrogens with zero attached hydrogens (tertiary/aromatic N) is 1. The molecule has 2 aromatic rings. The van der Waals surface area contributed by atoms with Gasteiger partial charge in [-0.3, -0.25) is 19.2 Å². The fourth-order valence-corrected chi connectivity index (χ4v) is 4.22. The lowest BCUT2D eigenvalue weighted by molar-refractivity contribution is -0.137. The summed E-state index contributed by atoms with van der Waals surface area (Å²) in [5, 5.41) is 24.2. The van der Waals surface area contributed by atoms with Crippen LogP contribution >= 0.6 is 0 Å². The van der Waals surface area contributed by atoms with Crippen LogP contribution in [0, 0.1) is 0 Å². The van der Waals surface area contributed by atoms with Crippen LogP contribution in [0.2, 0.25) is 0 Å². The molecule has 0 aliphatic heterocycles. The lowest BCUT2D eigenvalue weighted by Gasteiger charge is -2.29.